The fraction of sp³-hybridized carbons (Fsp3) is 0.553. The summed E-state index contributed by atoms with van der Waals surface area (Å²) in [7, 11) is 2.21. The number of carbonyl (C=O) groups excluding carboxylic acids is 1. The maximum Gasteiger partial charge on any atom is 0.232 e. The van der Waals surface area contributed by atoms with Crippen molar-refractivity contribution < 1.29 is 4.79 Å². The molecule has 2 saturated heterocycles. The number of fused-ring (bicyclic) bond motifs is 1. The zero-order chi connectivity index (χ0) is 33.7. The number of likely N-dealkylation sites (N-methyl/N-ethyl adjacent to an activating group) is 1. The number of piperazine rings is 1. The first-order chi connectivity index (χ1) is 22.5. The van der Waals surface area contributed by atoms with E-state index in [1.165, 1.54) is 29.5 Å². The number of nitriles is 1. The van der Waals surface area contributed by atoms with Gasteiger partial charge in [-0.3, -0.25) is 20.0 Å². The Labute approximate surface area is 281 Å². The molecule has 0 saturated carbocycles. The van der Waals surface area contributed by atoms with Crippen LogP contribution in [0.15, 0.2) is 41.4 Å². The van der Waals surface area contributed by atoms with Crippen LogP contribution >= 0.6 is 0 Å². The van der Waals surface area contributed by atoms with Crippen molar-refractivity contribution in [2.45, 2.75) is 72.3 Å². The molecule has 0 atom stereocenters. The van der Waals surface area contributed by atoms with Gasteiger partial charge < -0.3 is 19.7 Å². The normalized spacial score (nSPS) is 17.2. The molecule has 3 heterocycles. The van der Waals surface area contributed by atoms with Crippen LogP contribution in [0, 0.1) is 25.3 Å². The number of aryl methyl sites for hydroxylation is 2. The Kier molecular flexibility index (Phi) is 10.9. The van der Waals surface area contributed by atoms with Gasteiger partial charge in [0.05, 0.1) is 5.41 Å². The Morgan fingerprint density at radius 3 is 2.30 bits per heavy atom. The summed E-state index contributed by atoms with van der Waals surface area (Å²) in [5.74, 6) is 0.802. The number of aromatic amines is 1. The number of amides is 1. The minimum Gasteiger partial charge on any atom is -0.354 e. The number of aliphatic imine (C=N–C) groups is 1. The molecular formula is C38H54N8O. The maximum atomic E-state index is 13.6. The Hall–Kier alpha value is -3.87. The molecular weight excluding hydrogens is 584 g/mol. The van der Waals surface area contributed by atoms with Gasteiger partial charge in [0.1, 0.15) is 0 Å². The van der Waals surface area contributed by atoms with Crippen molar-refractivity contribution in [2.75, 3.05) is 66.0 Å². The van der Waals surface area contributed by atoms with Gasteiger partial charge >= 0.3 is 0 Å². The molecule has 9 heteroatoms. The largest absolute Gasteiger partial charge is 0.354 e. The van der Waals surface area contributed by atoms with E-state index in [2.05, 4.69) is 88.5 Å². The number of hydrogen-bond acceptors (Lipinski definition) is 5. The van der Waals surface area contributed by atoms with E-state index in [1.807, 2.05) is 32.6 Å². The summed E-state index contributed by atoms with van der Waals surface area (Å²) in [5.41, 5.74) is 7.26. The number of aromatic nitrogens is 1. The maximum absolute atomic E-state index is 13.6. The second-order valence-electron chi connectivity index (χ2n) is 14.0. The zero-order valence-corrected chi connectivity index (χ0v) is 29.6. The van der Waals surface area contributed by atoms with E-state index in [1.54, 1.807) is 0 Å². The molecule has 252 valence electrons. The van der Waals surface area contributed by atoms with E-state index in [9.17, 15) is 10.1 Å². The average Bonchev–Trinajstić information content (AvgIpc) is 3.43. The predicted octanol–water partition coefficient (Wildman–Crippen LogP) is 5.28. The lowest BCUT2D eigenvalue weighted by Crippen LogP contribution is -2.55. The number of likely N-dealkylation sites (tertiary alicyclic amines) is 1. The molecule has 0 radical (unpaired) electrons. The number of nitrogens with zero attached hydrogens (tertiary/aromatic N) is 6. The molecule has 1 amide bonds. The fourth-order valence-corrected chi connectivity index (χ4v) is 7.49. The SMILES string of the molecule is CCN(CC)C(=O)C(C)(C)c1ccc2[nH]c(-c3cc(C)cc(C)c3)c(CCN=C(NC#N)N3CCN(C4CCN(C)CC4)CC3)c2c1. The number of benzene rings is 2. The van der Waals surface area contributed by atoms with Crippen LogP contribution in [0.4, 0.5) is 0 Å². The third kappa shape index (κ3) is 7.66. The highest BCUT2D eigenvalue weighted by Crippen LogP contribution is 2.35. The first-order valence-corrected chi connectivity index (χ1v) is 17.5. The highest BCUT2D eigenvalue weighted by atomic mass is 16.2. The number of hydrogen-bond donors (Lipinski definition) is 2. The van der Waals surface area contributed by atoms with Crippen molar-refractivity contribution in [3.8, 4) is 17.5 Å². The van der Waals surface area contributed by atoms with Crippen LogP contribution in [0.3, 0.4) is 0 Å². The van der Waals surface area contributed by atoms with Crippen molar-refractivity contribution >= 4 is 22.8 Å². The molecule has 0 spiro atoms. The predicted molar refractivity (Wildman–Crippen MR) is 193 cm³/mol. The molecule has 2 aromatic carbocycles. The fourth-order valence-electron chi connectivity index (χ4n) is 7.49. The molecule has 3 aromatic rings. The number of H-pyrrole nitrogens is 1. The second kappa shape index (κ2) is 14.9. The Morgan fingerprint density at radius 1 is 1.02 bits per heavy atom. The van der Waals surface area contributed by atoms with Crippen molar-refractivity contribution in [3.63, 3.8) is 0 Å². The standard InChI is InChI=1S/C38H54N8O/c1-8-44(9-2)36(47)38(5,6)30-10-11-34-33(25-30)32(35(42-34)29-23-27(3)22-28(4)24-29)12-15-40-37(41-26-39)46-20-18-45(19-21-46)31-13-16-43(7)17-14-31/h10-11,22-25,31,42H,8-9,12-21H2,1-7H3,(H,40,41). The lowest BCUT2D eigenvalue weighted by atomic mass is 9.82. The van der Waals surface area contributed by atoms with E-state index in [4.69, 9.17) is 4.99 Å². The average molecular weight is 639 g/mol. The van der Waals surface area contributed by atoms with Crippen LogP contribution in [0.2, 0.25) is 0 Å². The van der Waals surface area contributed by atoms with Crippen LogP contribution in [-0.4, -0.2) is 108 Å². The second-order valence-corrected chi connectivity index (χ2v) is 14.0. The van der Waals surface area contributed by atoms with Gasteiger partial charge in [-0.15, -0.1) is 0 Å². The summed E-state index contributed by atoms with van der Waals surface area (Å²) in [5, 5.41) is 13.6. The summed E-state index contributed by atoms with van der Waals surface area (Å²) in [6.07, 6.45) is 5.29. The van der Waals surface area contributed by atoms with E-state index in [0.29, 0.717) is 38.1 Å². The number of rotatable bonds is 9. The molecule has 2 fully saturated rings. The minimum atomic E-state index is -0.660. The van der Waals surface area contributed by atoms with Gasteiger partial charge in [-0.05, 0) is 122 Å². The number of nitrogens with one attached hydrogen (secondary N) is 2. The van der Waals surface area contributed by atoms with E-state index < -0.39 is 5.41 Å². The van der Waals surface area contributed by atoms with Gasteiger partial charge in [0, 0.05) is 68.5 Å². The quantitative estimate of drug-likeness (QED) is 0.143. The molecule has 1 aromatic heterocycles. The lowest BCUT2D eigenvalue weighted by Gasteiger charge is -2.42. The van der Waals surface area contributed by atoms with Crippen molar-refractivity contribution in [1.29, 1.82) is 5.26 Å². The minimum absolute atomic E-state index is 0.140. The first-order valence-electron chi connectivity index (χ1n) is 17.5. The third-order valence-corrected chi connectivity index (χ3v) is 10.3. The highest BCUT2D eigenvalue weighted by molar-refractivity contribution is 5.94. The van der Waals surface area contributed by atoms with Gasteiger partial charge in [0.2, 0.25) is 11.9 Å². The molecule has 2 N–H and O–H groups in total. The monoisotopic (exact) mass is 638 g/mol. The molecule has 9 nitrogen and oxygen atoms in total. The summed E-state index contributed by atoms with van der Waals surface area (Å²) < 4.78 is 0. The van der Waals surface area contributed by atoms with Gasteiger partial charge in [-0.1, -0.05) is 23.3 Å². The summed E-state index contributed by atoms with van der Waals surface area (Å²) in [6.45, 7) is 20.3. The van der Waals surface area contributed by atoms with Gasteiger partial charge in [-0.25, -0.2) is 0 Å². The van der Waals surface area contributed by atoms with Crippen molar-refractivity contribution in [3.05, 3.63) is 58.7 Å². The zero-order valence-electron chi connectivity index (χ0n) is 29.6. The van der Waals surface area contributed by atoms with Crippen LogP contribution in [0.1, 0.15) is 62.8 Å². The van der Waals surface area contributed by atoms with Crippen molar-refractivity contribution in [2.24, 2.45) is 4.99 Å². The Bertz CT molecular complexity index is 1590. The van der Waals surface area contributed by atoms with Crippen LogP contribution in [0.5, 0.6) is 0 Å². The molecule has 0 bridgehead atoms. The van der Waals surface area contributed by atoms with Gasteiger partial charge in [0.25, 0.3) is 0 Å². The molecule has 0 aliphatic carbocycles. The Morgan fingerprint density at radius 2 is 1.68 bits per heavy atom. The molecule has 5 rings (SSSR count). The number of piperidine rings is 1. The number of carbonyl (C=O) groups is 1. The van der Waals surface area contributed by atoms with E-state index >= 15 is 0 Å². The van der Waals surface area contributed by atoms with Crippen molar-refractivity contribution in [1.82, 2.24) is 29.9 Å². The highest BCUT2D eigenvalue weighted by Gasteiger charge is 2.33. The Balaban J connectivity index is 1.42. The van der Waals surface area contributed by atoms with Crippen LogP contribution < -0.4 is 5.32 Å². The van der Waals surface area contributed by atoms with Gasteiger partial charge in [-0.2, -0.15) is 5.26 Å². The van der Waals surface area contributed by atoms with Crippen LogP contribution in [-0.2, 0) is 16.6 Å². The topological polar surface area (TPSA) is 94.0 Å². The third-order valence-electron chi connectivity index (χ3n) is 10.3. The lowest BCUT2D eigenvalue weighted by molar-refractivity contribution is -0.135. The summed E-state index contributed by atoms with van der Waals surface area (Å²) in [4.78, 5) is 31.5. The summed E-state index contributed by atoms with van der Waals surface area (Å²) in [6, 6.07) is 13.7. The number of guanidine groups is 1. The smallest absolute Gasteiger partial charge is 0.232 e. The first kappa shape index (κ1) is 34.5. The summed E-state index contributed by atoms with van der Waals surface area (Å²) >= 11 is 0. The molecule has 2 aliphatic rings. The van der Waals surface area contributed by atoms with E-state index in [0.717, 1.165) is 67.0 Å². The molecule has 2 aliphatic heterocycles. The van der Waals surface area contributed by atoms with E-state index in [-0.39, 0.29) is 5.91 Å². The van der Waals surface area contributed by atoms with Gasteiger partial charge in [0.15, 0.2) is 6.19 Å². The molecule has 47 heavy (non-hydrogen) atoms. The molecule has 0 unspecified atom stereocenters. The van der Waals surface area contributed by atoms with Crippen LogP contribution in [0.25, 0.3) is 22.2 Å².